The van der Waals surface area contributed by atoms with Crippen LogP contribution < -0.4 is 5.32 Å². The largest absolute Gasteiger partial charge is 0.312 e. The molecule has 2 rings (SSSR count). The van der Waals surface area contributed by atoms with Crippen molar-refractivity contribution >= 4 is 11.6 Å². The van der Waals surface area contributed by atoms with E-state index in [1.807, 2.05) is 20.9 Å². The first kappa shape index (κ1) is 13.0. The molecular weight excluding hydrogens is 255 g/mol. The first-order valence-electron chi connectivity index (χ1n) is 5.59. The van der Waals surface area contributed by atoms with Crippen molar-refractivity contribution in [2.45, 2.75) is 19.9 Å². The molecular formula is C12H14ClFN4. The van der Waals surface area contributed by atoms with Gasteiger partial charge in [-0.1, -0.05) is 16.8 Å². The number of aromatic nitrogens is 3. The van der Waals surface area contributed by atoms with E-state index < -0.39 is 5.82 Å². The van der Waals surface area contributed by atoms with Gasteiger partial charge in [-0.25, -0.2) is 9.07 Å². The number of hydrogen-bond donors (Lipinski definition) is 1. The van der Waals surface area contributed by atoms with E-state index in [1.54, 1.807) is 10.7 Å². The number of halogens is 2. The fourth-order valence-electron chi connectivity index (χ4n) is 1.74. The Morgan fingerprint density at radius 2 is 2.17 bits per heavy atom. The Morgan fingerprint density at radius 1 is 1.44 bits per heavy atom. The summed E-state index contributed by atoms with van der Waals surface area (Å²) < 4.78 is 15.0. The van der Waals surface area contributed by atoms with Crippen LogP contribution in [0.4, 0.5) is 4.39 Å². The molecule has 0 bridgehead atoms. The van der Waals surface area contributed by atoms with E-state index in [-0.39, 0.29) is 11.1 Å². The lowest BCUT2D eigenvalue weighted by atomic mass is 10.2. The normalized spacial score (nSPS) is 12.7. The summed E-state index contributed by atoms with van der Waals surface area (Å²) in [4.78, 5) is 0. The molecule has 1 heterocycles. The van der Waals surface area contributed by atoms with Gasteiger partial charge in [-0.2, -0.15) is 0 Å². The number of nitrogens with zero attached hydrogens (tertiary/aromatic N) is 3. The summed E-state index contributed by atoms with van der Waals surface area (Å²) in [7, 11) is 1.85. The van der Waals surface area contributed by atoms with E-state index in [9.17, 15) is 4.39 Å². The van der Waals surface area contributed by atoms with Gasteiger partial charge in [0.1, 0.15) is 11.5 Å². The van der Waals surface area contributed by atoms with Gasteiger partial charge >= 0.3 is 0 Å². The van der Waals surface area contributed by atoms with Gasteiger partial charge in [-0.05, 0) is 33.0 Å². The standard InChI is InChI=1S/C12H14ClFN4/c1-7(15-3)12-8(2)18(17-16-12)9-4-5-10(13)11(14)6-9/h4-7,15H,1-3H3. The topological polar surface area (TPSA) is 42.7 Å². The zero-order chi connectivity index (χ0) is 13.3. The van der Waals surface area contributed by atoms with E-state index >= 15 is 0 Å². The molecule has 0 fully saturated rings. The Morgan fingerprint density at radius 3 is 2.78 bits per heavy atom. The van der Waals surface area contributed by atoms with E-state index in [2.05, 4.69) is 15.6 Å². The fraction of sp³-hybridized carbons (Fsp3) is 0.333. The first-order chi connectivity index (χ1) is 8.54. The predicted octanol–water partition coefficient (Wildman–Crippen LogP) is 2.65. The van der Waals surface area contributed by atoms with Crippen LogP contribution in [0.25, 0.3) is 5.69 Å². The van der Waals surface area contributed by atoms with Crippen LogP contribution in [-0.4, -0.2) is 22.0 Å². The summed E-state index contributed by atoms with van der Waals surface area (Å²) in [5, 5.41) is 11.3. The van der Waals surface area contributed by atoms with Crippen LogP contribution in [0, 0.1) is 12.7 Å². The van der Waals surface area contributed by atoms with Gasteiger partial charge in [0, 0.05) is 6.07 Å². The lowest BCUT2D eigenvalue weighted by Gasteiger charge is -2.08. The average Bonchev–Trinajstić information content (AvgIpc) is 2.74. The SMILES string of the molecule is CNC(C)c1nnn(-c2ccc(Cl)c(F)c2)c1C. The molecule has 0 radical (unpaired) electrons. The molecule has 0 saturated heterocycles. The van der Waals surface area contributed by atoms with Crippen molar-refractivity contribution in [2.24, 2.45) is 0 Å². The minimum Gasteiger partial charge on any atom is -0.312 e. The number of hydrogen-bond acceptors (Lipinski definition) is 3. The Hall–Kier alpha value is -1.46. The first-order valence-corrected chi connectivity index (χ1v) is 5.97. The Kier molecular flexibility index (Phi) is 3.63. The summed E-state index contributed by atoms with van der Waals surface area (Å²) >= 11 is 5.66. The van der Waals surface area contributed by atoms with Gasteiger partial charge in [0.15, 0.2) is 0 Å². The zero-order valence-electron chi connectivity index (χ0n) is 10.4. The Balaban J connectivity index is 2.45. The van der Waals surface area contributed by atoms with Crippen LogP contribution in [0.15, 0.2) is 18.2 Å². The van der Waals surface area contributed by atoms with E-state index in [0.29, 0.717) is 5.69 Å². The molecule has 0 spiro atoms. The molecule has 18 heavy (non-hydrogen) atoms. The molecule has 1 aromatic heterocycles. The Bertz CT molecular complexity index is 567. The van der Waals surface area contributed by atoms with Crippen molar-refractivity contribution in [3.63, 3.8) is 0 Å². The highest BCUT2D eigenvalue weighted by molar-refractivity contribution is 6.30. The van der Waals surface area contributed by atoms with Crippen LogP contribution in [0.2, 0.25) is 5.02 Å². The summed E-state index contributed by atoms with van der Waals surface area (Å²) in [5.41, 5.74) is 2.32. The van der Waals surface area contributed by atoms with Gasteiger partial charge in [0.05, 0.1) is 22.4 Å². The molecule has 2 aromatic rings. The number of rotatable bonds is 3. The number of nitrogens with one attached hydrogen (secondary N) is 1. The van der Waals surface area contributed by atoms with Gasteiger partial charge in [0.25, 0.3) is 0 Å². The third-order valence-corrected chi connectivity index (χ3v) is 3.23. The van der Waals surface area contributed by atoms with Crippen molar-refractivity contribution in [1.29, 1.82) is 0 Å². The maximum atomic E-state index is 13.4. The van der Waals surface area contributed by atoms with Crippen LogP contribution in [-0.2, 0) is 0 Å². The van der Waals surface area contributed by atoms with E-state index in [1.165, 1.54) is 12.1 Å². The smallest absolute Gasteiger partial charge is 0.143 e. The van der Waals surface area contributed by atoms with Gasteiger partial charge < -0.3 is 5.32 Å². The van der Waals surface area contributed by atoms with E-state index in [0.717, 1.165) is 11.4 Å². The molecule has 0 aliphatic heterocycles. The fourth-order valence-corrected chi connectivity index (χ4v) is 1.86. The molecule has 96 valence electrons. The van der Waals surface area contributed by atoms with E-state index in [4.69, 9.17) is 11.6 Å². The molecule has 4 nitrogen and oxygen atoms in total. The molecule has 0 aliphatic carbocycles. The molecule has 0 saturated carbocycles. The highest BCUT2D eigenvalue weighted by atomic mass is 35.5. The zero-order valence-corrected chi connectivity index (χ0v) is 11.2. The molecule has 1 atom stereocenters. The quantitative estimate of drug-likeness (QED) is 0.931. The van der Waals surface area contributed by atoms with Gasteiger partial charge in [-0.3, -0.25) is 0 Å². The molecule has 0 amide bonds. The maximum absolute atomic E-state index is 13.4. The third-order valence-electron chi connectivity index (χ3n) is 2.92. The molecule has 0 aliphatic rings. The maximum Gasteiger partial charge on any atom is 0.143 e. The lowest BCUT2D eigenvalue weighted by Crippen LogP contribution is -2.14. The molecule has 6 heteroatoms. The molecule has 1 N–H and O–H groups in total. The molecule has 1 unspecified atom stereocenters. The monoisotopic (exact) mass is 268 g/mol. The van der Waals surface area contributed by atoms with Crippen molar-refractivity contribution in [3.05, 3.63) is 40.4 Å². The van der Waals surface area contributed by atoms with Crippen LogP contribution in [0.5, 0.6) is 0 Å². The highest BCUT2D eigenvalue weighted by Gasteiger charge is 2.15. The van der Waals surface area contributed by atoms with Crippen molar-refractivity contribution < 1.29 is 4.39 Å². The van der Waals surface area contributed by atoms with Gasteiger partial charge in [-0.15, -0.1) is 5.10 Å². The third kappa shape index (κ3) is 2.23. The van der Waals surface area contributed by atoms with Crippen LogP contribution in [0.1, 0.15) is 24.4 Å². The summed E-state index contributed by atoms with van der Waals surface area (Å²) in [6.45, 7) is 3.89. The summed E-state index contributed by atoms with van der Waals surface area (Å²) in [5.74, 6) is -0.465. The van der Waals surface area contributed by atoms with Gasteiger partial charge in [0.2, 0.25) is 0 Å². The minimum absolute atomic E-state index is 0.0934. The highest BCUT2D eigenvalue weighted by Crippen LogP contribution is 2.21. The number of benzene rings is 1. The molecule has 1 aromatic carbocycles. The van der Waals surface area contributed by atoms with Crippen molar-refractivity contribution in [1.82, 2.24) is 20.3 Å². The second-order valence-electron chi connectivity index (χ2n) is 4.08. The summed E-state index contributed by atoms with van der Waals surface area (Å²) in [6.07, 6.45) is 0. The average molecular weight is 269 g/mol. The van der Waals surface area contributed by atoms with Crippen molar-refractivity contribution in [3.8, 4) is 5.69 Å². The Labute approximate surface area is 110 Å². The van der Waals surface area contributed by atoms with Crippen molar-refractivity contribution in [2.75, 3.05) is 7.05 Å². The second kappa shape index (κ2) is 5.04. The van der Waals surface area contributed by atoms with Crippen LogP contribution >= 0.6 is 11.6 Å². The second-order valence-corrected chi connectivity index (χ2v) is 4.49. The predicted molar refractivity (Wildman–Crippen MR) is 68.5 cm³/mol. The lowest BCUT2D eigenvalue weighted by molar-refractivity contribution is 0.624. The van der Waals surface area contributed by atoms with Crippen LogP contribution in [0.3, 0.4) is 0 Å². The minimum atomic E-state index is -0.465. The summed E-state index contributed by atoms with van der Waals surface area (Å²) in [6, 6.07) is 4.66.